The van der Waals surface area contributed by atoms with E-state index in [1.807, 2.05) is 60.8 Å². The first-order valence-corrected chi connectivity index (χ1v) is 14.6. The summed E-state index contributed by atoms with van der Waals surface area (Å²) in [6.07, 6.45) is 4.45. The van der Waals surface area contributed by atoms with Gasteiger partial charge in [-0.25, -0.2) is 4.68 Å². The summed E-state index contributed by atoms with van der Waals surface area (Å²) in [5, 5.41) is 28.7. The zero-order chi connectivity index (χ0) is 30.3. The molecule has 226 valence electrons. The van der Waals surface area contributed by atoms with Gasteiger partial charge in [-0.3, -0.25) is 14.4 Å². The molecule has 0 aliphatic carbocycles. The summed E-state index contributed by atoms with van der Waals surface area (Å²) in [6, 6.07) is 13.5. The molecule has 0 spiro atoms. The molecule has 43 heavy (non-hydrogen) atoms. The first kappa shape index (κ1) is 29.9. The van der Waals surface area contributed by atoms with Crippen molar-refractivity contribution in [1.29, 1.82) is 0 Å². The summed E-state index contributed by atoms with van der Waals surface area (Å²) in [5.74, 6) is -1.38. The van der Waals surface area contributed by atoms with Crippen LogP contribution >= 0.6 is 0 Å². The fourth-order valence-corrected chi connectivity index (χ4v) is 5.46. The number of rotatable bonds is 9. The number of carbonyl (C=O) groups excluding carboxylic acids is 3. The predicted molar refractivity (Wildman–Crippen MR) is 161 cm³/mol. The molecule has 0 saturated heterocycles. The standard InChI is InChI=1S/C31H38N8O4/c1-19(40)28-26-18-39(38-37-26)27(15-20-9-3-2-4-10-20)31(43)35-25(16-21-17-33-23-12-6-5-11-22(21)23)30(42)34-24(29(41)36-28)13-7-8-14-32/h2-6,9-12,17-19,24-25,27-28,33,40H,7-8,13-16,32H2,1H3,(H,34,42)(H,35,43)(H,36,41)/t19-,24-,25-,27+,28+/m0/s1. The molecular weight excluding hydrogens is 548 g/mol. The molecule has 2 aromatic heterocycles. The Balaban J connectivity index is 1.54. The lowest BCUT2D eigenvalue weighted by molar-refractivity contribution is -0.133. The van der Waals surface area contributed by atoms with Crippen molar-refractivity contribution in [3.05, 3.63) is 83.8 Å². The molecule has 12 nitrogen and oxygen atoms in total. The highest BCUT2D eigenvalue weighted by molar-refractivity contribution is 5.94. The topological polar surface area (TPSA) is 180 Å². The van der Waals surface area contributed by atoms with E-state index in [0.29, 0.717) is 31.5 Å². The number of aromatic nitrogens is 4. The van der Waals surface area contributed by atoms with E-state index < -0.39 is 48.0 Å². The molecule has 7 N–H and O–H groups in total. The normalized spacial score (nSPS) is 22.1. The number of amides is 3. The third-order valence-electron chi connectivity index (χ3n) is 7.83. The van der Waals surface area contributed by atoms with E-state index in [0.717, 1.165) is 22.0 Å². The maximum Gasteiger partial charge on any atom is 0.245 e. The minimum Gasteiger partial charge on any atom is -0.391 e. The van der Waals surface area contributed by atoms with Crippen molar-refractivity contribution in [1.82, 2.24) is 35.9 Å². The monoisotopic (exact) mass is 586 g/mol. The SMILES string of the molecule is C[C@H](O)[C@H]1NC(=O)[C@H](CCCCN)NC(=O)[C@H](Cc2c[nH]c3ccccc23)NC(=O)[C@@H](Cc2ccccc2)n2cc1nn2. The van der Waals surface area contributed by atoms with Crippen molar-refractivity contribution < 1.29 is 19.5 Å². The Hall–Kier alpha value is -4.55. The van der Waals surface area contributed by atoms with Crippen LogP contribution in [0.2, 0.25) is 0 Å². The first-order valence-electron chi connectivity index (χ1n) is 14.6. The summed E-state index contributed by atoms with van der Waals surface area (Å²) >= 11 is 0. The van der Waals surface area contributed by atoms with Crippen LogP contribution in [0.25, 0.3) is 10.9 Å². The number of aromatic amines is 1. The van der Waals surface area contributed by atoms with Crippen molar-refractivity contribution in [3.63, 3.8) is 0 Å². The summed E-state index contributed by atoms with van der Waals surface area (Å²) in [4.78, 5) is 44.7. The highest BCUT2D eigenvalue weighted by Crippen LogP contribution is 2.22. The molecule has 0 radical (unpaired) electrons. The number of unbranched alkanes of at least 4 members (excludes halogenated alkanes) is 1. The zero-order valence-corrected chi connectivity index (χ0v) is 24.1. The fraction of sp³-hybridized carbons (Fsp3) is 0.387. The van der Waals surface area contributed by atoms with E-state index in [9.17, 15) is 19.5 Å². The molecule has 0 fully saturated rings. The lowest BCUT2D eigenvalue weighted by atomic mass is 10.0. The van der Waals surface area contributed by atoms with Gasteiger partial charge in [0.05, 0.1) is 12.3 Å². The largest absolute Gasteiger partial charge is 0.391 e. The second-order valence-electron chi connectivity index (χ2n) is 11.0. The van der Waals surface area contributed by atoms with Crippen LogP contribution in [0.15, 0.2) is 67.0 Å². The fourth-order valence-electron chi connectivity index (χ4n) is 5.46. The Morgan fingerprint density at radius 3 is 2.40 bits per heavy atom. The average molecular weight is 587 g/mol. The molecule has 0 unspecified atom stereocenters. The van der Waals surface area contributed by atoms with Gasteiger partial charge in [-0.15, -0.1) is 5.10 Å². The Morgan fingerprint density at radius 1 is 0.907 bits per heavy atom. The van der Waals surface area contributed by atoms with Gasteiger partial charge in [0, 0.05) is 29.9 Å². The van der Waals surface area contributed by atoms with Crippen LogP contribution in [0.3, 0.4) is 0 Å². The van der Waals surface area contributed by atoms with Crippen LogP contribution in [0, 0.1) is 0 Å². The van der Waals surface area contributed by atoms with E-state index in [1.54, 1.807) is 6.20 Å². The van der Waals surface area contributed by atoms with Crippen molar-refractivity contribution in [2.45, 2.75) is 69.3 Å². The molecule has 5 rings (SSSR count). The van der Waals surface area contributed by atoms with E-state index >= 15 is 0 Å². The maximum atomic E-state index is 14.0. The summed E-state index contributed by atoms with van der Waals surface area (Å²) in [6.45, 7) is 1.99. The van der Waals surface area contributed by atoms with Crippen LogP contribution in [0.4, 0.5) is 0 Å². The van der Waals surface area contributed by atoms with E-state index in [1.165, 1.54) is 11.6 Å². The molecule has 1 aliphatic heterocycles. The number of hydrogen-bond donors (Lipinski definition) is 6. The molecule has 2 bridgehead atoms. The Bertz CT molecular complexity index is 1550. The van der Waals surface area contributed by atoms with Crippen LogP contribution in [-0.4, -0.2) is 67.5 Å². The van der Waals surface area contributed by atoms with Crippen LogP contribution < -0.4 is 21.7 Å². The van der Waals surface area contributed by atoms with Gasteiger partial charge >= 0.3 is 0 Å². The van der Waals surface area contributed by atoms with Gasteiger partial charge in [-0.05, 0) is 49.9 Å². The lowest BCUT2D eigenvalue weighted by Crippen LogP contribution is -2.55. The summed E-state index contributed by atoms with van der Waals surface area (Å²) < 4.78 is 1.43. The number of nitrogens with zero attached hydrogens (tertiary/aromatic N) is 3. The number of benzene rings is 2. The molecule has 3 heterocycles. The summed E-state index contributed by atoms with van der Waals surface area (Å²) in [5.41, 5.74) is 8.64. The van der Waals surface area contributed by atoms with Gasteiger partial charge < -0.3 is 31.8 Å². The van der Waals surface area contributed by atoms with Crippen LogP contribution in [-0.2, 0) is 27.2 Å². The number of carbonyl (C=O) groups is 3. The third-order valence-corrected chi connectivity index (χ3v) is 7.83. The third kappa shape index (κ3) is 7.09. The highest BCUT2D eigenvalue weighted by atomic mass is 16.3. The van der Waals surface area contributed by atoms with Crippen LogP contribution in [0.1, 0.15) is 55.1 Å². The predicted octanol–water partition coefficient (Wildman–Crippen LogP) is 1.44. The zero-order valence-electron chi connectivity index (χ0n) is 24.1. The van der Waals surface area contributed by atoms with Crippen LogP contribution in [0.5, 0.6) is 0 Å². The maximum absolute atomic E-state index is 14.0. The number of nitrogens with two attached hydrogens (primary N) is 1. The molecular formula is C31H38N8O4. The number of fused-ring (bicyclic) bond motifs is 3. The Kier molecular flexibility index (Phi) is 9.48. The van der Waals surface area contributed by atoms with Crippen molar-refractivity contribution in [2.24, 2.45) is 5.73 Å². The van der Waals surface area contributed by atoms with Crippen molar-refractivity contribution in [2.75, 3.05) is 6.54 Å². The molecule has 12 heteroatoms. The van der Waals surface area contributed by atoms with Crippen molar-refractivity contribution in [3.8, 4) is 0 Å². The minimum atomic E-state index is -1.02. The number of hydrogen-bond acceptors (Lipinski definition) is 7. The Labute approximate surface area is 249 Å². The van der Waals surface area contributed by atoms with E-state index in [-0.39, 0.29) is 12.8 Å². The molecule has 2 aromatic carbocycles. The van der Waals surface area contributed by atoms with Gasteiger partial charge in [0.1, 0.15) is 29.9 Å². The quantitative estimate of drug-likeness (QED) is 0.161. The lowest BCUT2D eigenvalue weighted by Gasteiger charge is -2.26. The van der Waals surface area contributed by atoms with Gasteiger partial charge in [0.2, 0.25) is 17.7 Å². The number of para-hydroxylation sites is 1. The molecule has 0 saturated carbocycles. The number of nitrogens with one attached hydrogen (secondary N) is 4. The second kappa shape index (κ2) is 13.6. The van der Waals surface area contributed by atoms with Crippen molar-refractivity contribution >= 4 is 28.6 Å². The van der Waals surface area contributed by atoms with E-state index in [2.05, 4.69) is 31.2 Å². The average Bonchev–Trinajstić information content (AvgIpc) is 3.65. The molecule has 3 amide bonds. The van der Waals surface area contributed by atoms with E-state index in [4.69, 9.17) is 5.73 Å². The minimum absolute atomic E-state index is 0.190. The number of H-pyrrole nitrogens is 1. The first-order chi connectivity index (χ1) is 20.8. The summed E-state index contributed by atoms with van der Waals surface area (Å²) in [7, 11) is 0. The second-order valence-corrected chi connectivity index (χ2v) is 11.0. The van der Waals surface area contributed by atoms with Gasteiger partial charge in [-0.2, -0.15) is 0 Å². The smallest absolute Gasteiger partial charge is 0.245 e. The van der Waals surface area contributed by atoms with Gasteiger partial charge in [0.25, 0.3) is 0 Å². The number of aliphatic hydroxyl groups excluding tert-OH is 1. The molecule has 1 aliphatic rings. The number of aliphatic hydroxyl groups is 1. The Morgan fingerprint density at radius 2 is 1.63 bits per heavy atom. The highest BCUT2D eigenvalue weighted by Gasteiger charge is 2.34. The van der Waals surface area contributed by atoms with Gasteiger partial charge in [0.15, 0.2) is 0 Å². The van der Waals surface area contributed by atoms with Gasteiger partial charge in [-0.1, -0.05) is 53.7 Å². The molecule has 4 aromatic rings. The molecule has 5 atom stereocenters.